The Morgan fingerprint density at radius 1 is 1.09 bits per heavy atom. The van der Waals surface area contributed by atoms with Crippen molar-refractivity contribution in [2.75, 3.05) is 31.6 Å². The minimum atomic E-state index is -3.75. The summed E-state index contributed by atoms with van der Waals surface area (Å²) in [5.41, 5.74) is 0.579. The number of benzene rings is 2. The number of fused-ring (bicyclic) bond motifs is 1. The zero-order valence-corrected chi connectivity index (χ0v) is 19.1. The van der Waals surface area contributed by atoms with E-state index in [9.17, 15) is 18.0 Å². The Morgan fingerprint density at radius 2 is 1.81 bits per heavy atom. The quantitative estimate of drug-likeness (QED) is 0.728. The molecule has 2 aliphatic heterocycles. The van der Waals surface area contributed by atoms with Gasteiger partial charge in [-0.15, -0.1) is 0 Å². The van der Waals surface area contributed by atoms with Crippen LogP contribution in [0.5, 0.6) is 5.75 Å². The molecule has 32 heavy (non-hydrogen) atoms. The number of ether oxygens (including phenoxy) is 1. The molecule has 1 saturated heterocycles. The average Bonchev–Trinajstić information content (AvgIpc) is 2.82. The fourth-order valence-corrected chi connectivity index (χ4v) is 5.73. The lowest BCUT2D eigenvalue weighted by Crippen LogP contribution is -2.53. The summed E-state index contributed by atoms with van der Waals surface area (Å²) >= 11 is 5.89. The van der Waals surface area contributed by atoms with Crippen LogP contribution in [0.3, 0.4) is 0 Å². The molecule has 0 aliphatic carbocycles. The van der Waals surface area contributed by atoms with Crippen LogP contribution in [0.2, 0.25) is 5.02 Å². The summed E-state index contributed by atoms with van der Waals surface area (Å²) in [7, 11) is -2.24. The van der Waals surface area contributed by atoms with Crippen LogP contribution < -0.4 is 15.0 Å². The van der Waals surface area contributed by atoms with Crippen molar-refractivity contribution < 1.29 is 22.7 Å². The first-order chi connectivity index (χ1) is 15.3. The maximum Gasteiger partial charge on any atom is 0.262 e. The Balaban J connectivity index is 1.57. The third-order valence-electron chi connectivity index (χ3n) is 5.76. The van der Waals surface area contributed by atoms with E-state index in [1.54, 1.807) is 29.2 Å². The predicted molar refractivity (Wildman–Crippen MR) is 120 cm³/mol. The average molecular weight is 478 g/mol. The molecule has 0 aromatic heterocycles. The first kappa shape index (κ1) is 22.6. The third-order valence-corrected chi connectivity index (χ3v) is 7.89. The highest BCUT2D eigenvalue weighted by molar-refractivity contribution is 7.89. The molecule has 2 atom stereocenters. The van der Waals surface area contributed by atoms with Crippen LogP contribution in [-0.4, -0.2) is 57.3 Å². The molecule has 8 nitrogen and oxygen atoms in total. The van der Waals surface area contributed by atoms with Gasteiger partial charge in [0.05, 0.1) is 23.0 Å². The first-order valence-corrected chi connectivity index (χ1v) is 12.2. The minimum Gasteiger partial charge on any atom is -0.477 e. The number of hydrogen-bond acceptors (Lipinski definition) is 5. The highest BCUT2D eigenvalue weighted by Crippen LogP contribution is 2.35. The van der Waals surface area contributed by atoms with Crippen LogP contribution >= 0.6 is 11.6 Å². The van der Waals surface area contributed by atoms with Crippen LogP contribution in [0, 0.1) is 5.92 Å². The Morgan fingerprint density at radius 3 is 2.53 bits per heavy atom. The van der Waals surface area contributed by atoms with Gasteiger partial charge in [-0.05, 0) is 49.2 Å². The smallest absolute Gasteiger partial charge is 0.262 e. The number of sulfonamides is 1. The summed E-state index contributed by atoms with van der Waals surface area (Å²) in [6, 6.07) is 13.0. The lowest BCUT2D eigenvalue weighted by molar-refractivity contribution is -0.128. The standard InChI is InChI=1S/C22H24ClN3O5S/c1-24-21(27)20-14-26(18-6-2-3-7-19(18)31-20)22(28)15-5-4-12-25(13-15)32(29,30)17-10-8-16(23)9-11-17/h2-3,6-11,15,20H,4-5,12-14H2,1H3,(H,24,27). The number of nitrogens with one attached hydrogen (secondary N) is 1. The van der Waals surface area contributed by atoms with E-state index >= 15 is 0 Å². The second-order valence-corrected chi connectivity index (χ2v) is 10.2. The normalized spacial score (nSPS) is 21.4. The predicted octanol–water partition coefficient (Wildman–Crippen LogP) is 2.28. The van der Waals surface area contributed by atoms with Crippen LogP contribution in [-0.2, 0) is 19.6 Å². The van der Waals surface area contributed by atoms with E-state index in [-0.39, 0.29) is 29.8 Å². The number of rotatable bonds is 4. The van der Waals surface area contributed by atoms with Gasteiger partial charge >= 0.3 is 0 Å². The molecule has 2 amide bonds. The van der Waals surface area contributed by atoms with Gasteiger partial charge in [-0.25, -0.2) is 8.42 Å². The second-order valence-electron chi connectivity index (χ2n) is 7.79. The van der Waals surface area contributed by atoms with Gasteiger partial charge in [-0.2, -0.15) is 4.31 Å². The molecule has 0 radical (unpaired) electrons. The Bertz CT molecular complexity index is 1120. The van der Waals surface area contributed by atoms with Crippen molar-refractivity contribution in [3.05, 3.63) is 53.6 Å². The van der Waals surface area contributed by atoms with Gasteiger partial charge < -0.3 is 15.0 Å². The third kappa shape index (κ3) is 4.32. The summed E-state index contributed by atoms with van der Waals surface area (Å²) in [6.45, 7) is 0.485. The van der Waals surface area contributed by atoms with Crippen molar-refractivity contribution in [1.82, 2.24) is 9.62 Å². The summed E-state index contributed by atoms with van der Waals surface area (Å²) in [5.74, 6) is -0.622. The zero-order chi connectivity index (χ0) is 22.9. The van der Waals surface area contributed by atoms with Gasteiger partial charge in [0.2, 0.25) is 15.9 Å². The fourth-order valence-electron chi connectivity index (χ4n) is 4.08. The number of nitrogens with zero attached hydrogens (tertiary/aromatic N) is 2. The molecule has 1 N–H and O–H groups in total. The van der Waals surface area contributed by atoms with Gasteiger partial charge in [0.15, 0.2) is 6.10 Å². The topological polar surface area (TPSA) is 96.0 Å². The Hall–Kier alpha value is -2.62. The van der Waals surface area contributed by atoms with Crippen molar-refractivity contribution in [1.29, 1.82) is 0 Å². The number of carbonyl (C=O) groups excluding carboxylic acids is 2. The molecule has 2 aliphatic rings. The maximum absolute atomic E-state index is 13.5. The number of hydrogen-bond donors (Lipinski definition) is 1. The van der Waals surface area contributed by atoms with E-state index in [4.69, 9.17) is 16.3 Å². The van der Waals surface area contributed by atoms with E-state index in [0.717, 1.165) is 0 Å². The van der Waals surface area contributed by atoms with E-state index in [1.165, 1.54) is 35.6 Å². The number of para-hydroxylation sites is 2. The van der Waals surface area contributed by atoms with Crippen molar-refractivity contribution >= 4 is 39.1 Å². The molecule has 2 heterocycles. The SMILES string of the molecule is CNC(=O)C1CN(C(=O)C2CCCN(S(=O)(=O)c3ccc(Cl)cc3)C2)c2ccccc2O1. The molecule has 170 valence electrons. The number of carbonyl (C=O) groups is 2. The molecular weight excluding hydrogens is 454 g/mol. The van der Waals surface area contributed by atoms with Crippen molar-refractivity contribution in [2.24, 2.45) is 5.92 Å². The van der Waals surface area contributed by atoms with E-state index < -0.39 is 22.0 Å². The molecule has 4 rings (SSSR count). The van der Waals surface area contributed by atoms with Crippen LogP contribution in [0.25, 0.3) is 0 Å². The molecule has 2 aromatic carbocycles. The highest BCUT2D eigenvalue weighted by Gasteiger charge is 2.39. The number of halogens is 1. The van der Waals surface area contributed by atoms with Gasteiger partial charge in [-0.1, -0.05) is 23.7 Å². The Kier molecular flexibility index (Phi) is 6.41. The number of amides is 2. The molecule has 2 aromatic rings. The summed E-state index contributed by atoms with van der Waals surface area (Å²) < 4.78 is 33.3. The fraction of sp³-hybridized carbons (Fsp3) is 0.364. The summed E-state index contributed by atoms with van der Waals surface area (Å²) in [6.07, 6.45) is 0.292. The van der Waals surface area contributed by atoms with Crippen LogP contribution in [0.4, 0.5) is 5.69 Å². The molecule has 0 spiro atoms. The maximum atomic E-state index is 13.5. The van der Waals surface area contributed by atoms with E-state index in [0.29, 0.717) is 35.8 Å². The van der Waals surface area contributed by atoms with Gasteiger partial charge in [-0.3, -0.25) is 9.59 Å². The summed E-state index contributed by atoms with van der Waals surface area (Å²) in [4.78, 5) is 27.4. The molecule has 0 saturated carbocycles. The minimum absolute atomic E-state index is 0.0654. The molecule has 10 heteroatoms. The number of likely N-dealkylation sites (N-methyl/N-ethyl adjacent to an activating group) is 1. The lowest BCUT2D eigenvalue weighted by Gasteiger charge is -2.38. The van der Waals surface area contributed by atoms with E-state index in [2.05, 4.69) is 5.32 Å². The lowest BCUT2D eigenvalue weighted by atomic mass is 9.97. The summed E-state index contributed by atoms with van der Waals surface area (Å²) in [5, 5.41) is 3.01. The largest absolute Gasteiger partial charge is 0.477 e. The van der Waals surface area contributed by atoms with Gasteiger partial charge in [0, 0.05) is 25.2 Å². The van der Waals surface area contributed by atoms with Crippen molar-refractivity contribution in [3.8, 4) is 5.75 Å². The van der Waals surface area contributed by atoms with E-state index in [1.807, 2.05) is 0 Å². The van der Waals surface area contributed by atoms with Crippen molar-refractivity contribution in [3.63, 3.8) is 0 Å². The Labute approximate surface area is 192 Å². The van der Waals surface area contributed by atoms with Crippen LogP contribution in [0.15, 0.2) is 53.4 Å². The first-order valence-electron chi connectivity index (χ1n) is 10.4. The number of anilines is 1. The zero-order valence-electron chi connectivity index (χ0n) is 17.5. The molecular formula is C22H24ClN3O5S. The second kappa shape index (κ2) is 9.09. The molecule has 2 unspecified atom stereocenters. The monoisotopic (exact) mass is 477 g/mol. The highest BCUT2D eigenvalue weighted by atomic mass is 35.5. The number of piperidine rings is 1. The van der Waals surface area contributed by atoms with Crippen molar-refractivity contribution in [2.45, 2.75) is 23.8 Å². The van der Waals surface area contributed by atoms with Gasteiger partial charge in [0.1, 0.15) is 5.75 Å². The molecule has 1 fully saturated rings. The van der Waals surface area contributed by atoms with Gasteiger partial charge in [0.25, 0.3) is 5.91 Å². The molecule has 0 bridgehead atoms. The van der Waals surface area contributed by atoms with Crippen LogP contribution in [0.1, 0.15) is 12.8 Å².